The lowest BCUT2D eigenvalue weighted by Crippen LogP contribution is -2.35. The molecule has 1 amide bonds. The Balaban J connectivity index is 1.62. The normalized spacial score (nSPS) is 18.1. The summed E-state index contributed by atoms with van der Waals surface area (Å²) in [6, 6.07) is 7.10. The highest BCUT2D eigenvalue weighted by Gasteiger charge is 2.45. The van der Waals surface area contributed by atoms with Crippen molar-refractivity contribution in [2.24, 2.45) is 5.92 Å². The predicted octanol–water partition coefficient (Wildman–Crippen LogP) is 3.45. The van der Waals surface area contributed by atoms with Crippen molar-refractivity contribution >= 4 is 11.7 Å². The van der Waals surface area contributed by atoms with Crippen LogP contribution in [0.1, 0.15) is 41.2 Å². The first-order valence-electron chi connectivity index (χ1n) is 9.91. The summed E-state index contributed by atoms with van der Waals surface area (Å²) in [6.07, 6.45) is 8.24. The molecule has 8 heteroatoms. The van der Waals surface area contributed by atoms with E-state index in [2.05, 4.69) is 19.9 Å². The van der Waals surface area contributed by atoms with E-state index in [9.17, 15) is 4.79 Å². The molecule has 152 valence electrons. The van der Waals surface area contributed by atoms with Gasteiger partial charge in [0.15, 0.2) is 23.1 Å². The fraction of sp³-hybridized carbons (Fsp3) is 0.318. The van der Waals surface area contributed by atoms with Crippen molar-refractivity contribution in [3.8, 4) is 23.1 Å². The number of carbonyl (C=O) groups excluding carboxylic acids is 1. The fourth-order valence-corrected chi connectivity index (χ4v) is 4.19. The number of ether oxygens (including phenoxy) is 2. The lowest BCUT2D eigenvalue weighted by molar-refractivity contribution is 0.0976. The van der Waals surface area contributed by atoms with Crippen molar-refractivity contribution in [3.63, 3.8) is 0 Å². The number of benzene rings is 1. The molecule has 5 rings (SSSR count). The first-order chi connectivity index (χ1) is 14.7. The molecule has 1 fully saturated rings. The SMILES string of the molecule is COc1cc2c(cc1OC)[C@H](C1CCC1)N(c1ccnc(-c3ncccn3)n1)C2=O. The molecule has 3 aromatic rings. The van der Waals surface area contributed by atoms with Crippen LogP contribution in [0.15, 0.2) is 42.9 Å². The minimum atomic E-state index is -0.0968. The maximum Gasteiger partial charge on any atom is 0.260 e. The van der Waals surface area contributed by atoms with Gasteiger partial charge in [0.1, 0.15) is 5.82 Å². The van der Waals surface area contributed by atoms with Gasteiger partial charge in [-0.2, -0.15) is 0 Å². The van der Waals surface area contributed by atoms with Crippen LogP contribution in [0.2, 0.25) is 0 Å². The van der Waals surface area contributed by atoms with Crippen molar-refractivity contribution in [1.29, 1.82) is 0 Å². The van der Waals surface area contributed by atoms with E-state index in [1.165, 1.54) is 6.42 Å². The Morgan fingerprint density at radius 2 is 1.67 bits per heavy atom. The second-order valence-electron chi connectivity index (χ2n) is 7.42. The molecule has 8 nitrogen and oxygen atoms in total. The summed E-state index contributed by atoms with van der Waals surface area (Å²) < 4.78 is 10.9. The van der Waals surface area contributed by atoms with Crippen LogP contribution in [-0.4, -0.2) is 40.1 Å². The second kappa shape index (κ2) is 7.37. The third-order valence-corrected chi connectivity index (χ3v) is 5.85. The second-order valence-corrected chi connectivity index (χ2v) is 7.42. The highest BCUT2D eigenvalue weighted by Crippen LogP contribution is 2.50. The van der Waals surface area contributed by atoms with Crippen LogP contribution in [0.5, 0.6) is 11.5 Å². The standard InChI is InChI=1S/C22H21N5O3/c1-29-16-11-14-15(12-17(16)30-2)22(28)27(19(14)13-5-3-6-13)18-7-10-25-21(26-18)20-23-8-4-9-24-20/h4,7-13,19H,3,5-6H2,1-2H3/t19-/m0/s1. The van der Waals surface area contributed by atoms with Gasteiger partial charge in [-0.3, -0.25) is 9.69 Å². The van der Waals surface area contributed by atoms with Crippen molar-refractivity contribution in [2.45, 2.75) is 25.3 Å². The van der Waals surface area contributed by atoms with Gasteiger partial charge in [0, 0.05) is 24.2 Å². The van der Waals surface area contributed by atoms with Crippen molar-refractivity contribution in [1.82, 2.24) is 19.9 Å². The van der Waals surface area contributed by atoms with E-state index >= 15 is 0 Å². The molecule has 1 aliphatic heterocycles. The Morgan fingerprint density at radius 3 is 2.33 bits per heavy atom. The summed E-state index contributed by atoms with van der Waals surface area (Å²) in [5, 5.41) is 0. The van der Waals surface area contributed by atoms with Gasteiger partial charge in [0.2, 0.25) is 0 Å². The first kappa shape index (κ1) is 18.5. The number of hydrogen-bond acceptors (Lipinski definition) is 7. The Labute approximate surface area is 173 Å². The van der Waals surface area contributed by atoms with Crippen molar-refractivity contribution in [2.75, 3.05) is 19.1 Å². The number of methoxy groups -OCH3 is 2. The molecular formula is C22H21N5O3. The average Bonchev–Trinajstić information content (AvgIpc) is 3.03. The van der Waals surface area contributed by atoms with E-state index in [1.54, 1.807) is 55.9 Å². The van der Waals surface area contributed by atoms with Gasteiger partial charge < -0.3 is 9.47 Å². The number of carbonyl (C=O) groups is 1. The molecule has 1 aromatic carbocycles. The largest absolute Gasteiger partial charge is 0.493 e. The molecule has 1 atom stereocenters. The maximum absolute atomic E-state index is 13.5. The number of amides is 1. The number of anilines is 1. The third kappa shape index (κ3) is 2.87. The maximum atomic E-state index is 13.5. The minimum Gasteiger partial charge on any atom is -0.493 e. The number of aromatic nitrogens is 4. The molecule has 2 aromatic heterocycles. The molecular weight excluding hydrogens is 382 g/mol. The highest BCUT2D eigenvalue weighted by atomic mass is 16.5. The average molecular weight is 403 g/mol. The molecule has 3 heterocycles. The summed E-state index contributed by atoms with van der Waals surface area (Å²) >= 11 is 0. The van der Waals surface area contributed by atoms with E-state index in [4.69, 9.17) is 9.47 Å². The van der Waals surface area contributed by atoms with Crippen LogP contribution in [0.4, 0.5) is 5.82 Å². The van der Waals surface area contributed by atoms with E-state index in [0.717, 1.165) is 18.4 Å². The summed E-state index contributed by atoms with van der Waals surface area (Å²) in [4.78, 5) is 32.7. The Hall–Kier alpha value is -3.55. The number of rotatable bonds is 5. The third-order valence-electron chi connectivity index (χ3n) is 5.85. The lowest BCUT2D eigenvalue weighted by Gasteiger charge is -2.37. The van der Waals surface area contributed by atoms with Crippen LogP contribution < -0.4 is 14.4 Å². The van der Waals surface area contributed by atoms with Crippen LogP contribution in [0.3, 0.4) is 0 Å². The van der Waals surface area contributed by atoms with Crippen LogP contribution in [-0.2, 0) is 0 Å². The molecule has 0 unspecified atom stereocenters. The van der Waals surface area contributed by atoms with Gasteiger partial charge in [-0.15, -0.1) is 0 Å². The predicted molar refractivity (Wildman–Crippen MR) is 109 cm³/mol. The number of fused-ring (bicyclic) bond motifs is 1. The summed E-state index contributed by atoms with van der Waals surface area (Å²) in [5.74, 6) is 2.80. The summed E-state index contributed by atoms with van der Waals surface area (Å²) in [5.41, 5.74) is 1.58. The van der Waals surface area contributed by atoms with Crippen LogP contribution in [0, 0.1) is 5.92 Å². The van der Waals surface area contributed by atoms with E-state index in [0.29, 0.717) is 40.4 Å². The quantitative estimate of drug-likeness (QED) is 0.644. The Morgan fingerprint density at radius 1 is 0.967 bits per heavy atom. The molecule has 1 saturated carbocycles. The van der Waals surface area contributed by atoms with Crippen molar-refractivity contribution < 1.29 is 14.3 Å². The highest BCUT2D eigenvalue weighted by molar-refractivity contribution is 6.11. The molecule has 2 aliphatic rings. The van der Waals surface area contributed by atoms with E-state index < -0.39 is 0 Å². The topological polar surface area (TPSA) is 90.3 Å². The summed E-state index contributed by atoms with van der Waals surface area (Å²) in [7, 11) is 3.18. The number of hydrogen-bond donors (Lipinski definition) is 0. The Kier molecular flexibility index (Phi) is 4.54. The van der Waals surface area contributed by atoms with Gasteiger partial charge in [-0.05, 0) is 48.6 Å². The van der Waals surface area contributed by atoms with Gasteiger partial charge in [-0.1, -0.05) is 6.42 Å². The fourth-order valence-electron chi connectivity index (χ4n) is 4.19. The van der Waals surface area contributed by atoms with Gasteiger partial charge in [-0.25, -0.2) is 19.9 Å². The van der Waals surface area contributed by atoms with E-state index in [1.807, 2.05) is 6.07 Å². The van der Waals surface area contributed by atoms with Crippen molar-refractivity contribution in [3.05, 3.63) is 54.0 Å². The van der Waals surface area contributed by atoms with E-state index in [-0.39, 0.29) is 11.9 Å². The molecule has 1 aliphatic carbocycles. The summed E-state index contributed by atoms with van der Waals surface area (Å²) in [6.45, 7) is 0. The van der Waals surface area contributed by atoms with Gasteiger partial charge >= 0.3 is 0 Å². The molecule has 0 N–H and O–H groups in total. The smallest absolute Gasteiger partial charge is 0.260 e. The zero-order chi connectivity index (χ0) is 20.7. The van der Waals surface area contributed by atoms with Crippen LogP contribution in [0.25, 0.3) is 11.6 Å². The zero-order valence-electron chi connectivity index (χ0n) is 16.8. The first-order valence-corrected chi connectivity index (χ1v) is 9.91. The molecule has 0 bridgehead atoms. The monoisotopic (exact) mass is 403 g/mol. The lowest BCUT2D eigenvalue weighted by atomic mass is 9.77. The van der Waals surface area contributed by atoms with Gasteiger partial charge in [0.25, 0.3) is 5.91 Å². The van der Waals surface area contributed by atoms with Gasteiger partial charge in [0.05, 0.1) is 20.3 Å². The van der Waals surface area contributed by atoms with Crippen LogP contribution >= 0.6 is 0 Å². The molecule has 0 spiro atoms. The molecule has 0 saturated heterocycles. The minimum absolute atomic E-state index is 0.0958. The Bertz CT molecular complexity index is 1100. The molecule has 30 heavy (non-hydrogen) atoms. The molecule has 0 radical (unpaired) electrons. The number of nitrogens with zero attached hydrogens (tertiary/aromatic N) is 5. The zero-order valence-corrected chi connectivity index (χ0v) is 16.8.